The smallest absolute Gasteiger partial charge is 0.189 e. The third kappa shape index (κ3) is 3.47. The van der Waals surface area contributed by atoms with Crippen LogP contribution in [0.25, 0.3) is 5.65 Å². The van der Waals surface area contributed by atoms with Gasteiger partial charge in [-0.05, 0) is 31.9 Å². The van der Waals surface area contributed by atoms with E-state index in [9.17, 15) is 0 Å². The molecule has 0 saturated carbocycles. The molecule has 2 aromatic rings. The number of aromatic nitrogens is 2. The lowest BCUT2D eigenvalue weighted by Crippen LogP contribution is -2.38. The summed E-state index contributed by atoms with van der Waals surface area (Å²) in [7, 11) is 0. The molecule has 2 aromatic heterocycles. The van der Waals surface area contributed by atoms with Crippen molar-refractivity contribution >= 4 is 11.6 Å². The Hall–Kier alpha value is -2.04. The van der Waals surface area contributed by atoms with Crippen molar-refractivity contribution in [1.82, 2.24) is 14.7 Å². The SMILES string of the molecule is CCC(C)NC(N)=NCc1cn2cc(C)ccc2n1. The number of hydrogen-bond acceptors (Lipinski definition) is 2. The van der Waals surface area contributed by atoms with E-state index in [4.69, 9.17) is 5.73 Å². The van der Waals surface area contributed by atoms with Gasteiger partial charge in [-0.1, -0.05) is 13.0 Å². The number of pyridine rings is 1. The molecule has 2 rings (SSSR count). The maximum absolute atomic E-state index is 5.82. The van der Waals surface area contributed by atoms with Crippen LogP contribution in [0.15, 0.2) is 29.5 Å². The summed E-state index contributed by atoms with van der Waals surface area (Å²) in [6.07, 6.45) is 5.06. The van der Waals surface area contributed by atoms with Crippen LogP contribution in [0.4, 0.5) is 0 Å². The van der Waals surface area contributed by atoms with Crippen LogP contribution >= 0.6 is 0 Å². The molecule has 2 heterocycles. The van der Waals surface area contributed by atoms with E-state index in [0.717, 1.165) is 17.8 Å². The third-order valence-electron chi connectivity index (χ3n) is 3.07. The van der Waals surface area contributed by atoms with E-state index in [1.807, 2.05) is 22.7 Å². The Morgan fingerprint density at radius 1 is 1.47 bits per heavy atom. The molecule has 1 unspecified atom stereocenters. The second kappa shape index (κ2) is 5.73. The normalized spacial score (nSPS) is 13.7. The van der Waals surface area contributed by atoms with Gasteiger partial charge < -0.3 is 15.5 Å². The highest BCUT2D eigenvalue weighted by molar-refractivity contribution is 5.78. The maximum atomic E-state index is 5.82. The Morgan fingerprint density at radius 2 is 2.26 bits per heavy atom. The molecule has 0 fully saturated rings. The second-order valence-electron chi connectivity index (χ2n) is 4.86. The summed E-state index contributed by atoms with van der Waals surface area (Å²) < 4.78 is 2.01. The minimum Gasteiger partial charge on any atom is -0.370 e. The van der Waals surface area contributed by atoms with Gasteiger partial charge in [0.2, 0.25) is 0 Å². The molecule has 102 valence electrons. The predicted octanol–water partition coefficient (Wildman–Crippen LogP) is 1.85. The molecule has 3 N–H and O–H groups in total. The topological polar surface area (TPSA) is 67.7 Å². The van der Waals surface area contributed by atoms with Crippen LogP contribution in [0.3, 0.4) is 0 Å². The summed E-state index contributed by atoms with van der Waals surface area (Å²) >= 11 is 0. The average Bonchev–Trinajstić information content (AvgIpc) is 2.78. The molecule has 0 aliphatic heterocycles. The van der Waals surface area contributed by atoms with E-state index >= 15 is 0 Å². The van der Waals surface area contributed by atoms with Crippen LogP contribution in [0, 0.1) is 6.92 Å². The number of aryl methyl sites for hydroxylation is 1. The van der Waals surface area contributed by atoms with Crippen molar-refractivity contribution in [2.45, 2.75) is 39.8 Å². The van der Waals surface area contributed by atoms with Gasteiger partial charge in [-0.3, -0.25) is 0 Å². The van der Waals surface area contributed by atoms with E-state index in [0.29, 0.717) is 18.5 Å². The van der Waals surface area contributed by atoms with Crippen LogP contribution in [0.5, 0.6) is 0 Å². The Kier molecular flexibility index (Phi) is 4.04. The number of imidazole rings is 1. The highest BCUT2D eigenvalue weighted by Crippen LogP contribution is 2.07. The van der Waals surface area contributed by atoms with Gasteiger partial charge in [0.15, 0.2) is 5.96 Å². The Labute approximate surface area is 113 Å². The Bertz CT molecular complexity index is 585. The van der Waals surface area contributed by atoms with E-state index in [1.54, 1.807) is 0 Å². The molecule has 0 radical (unpaired) electrons. The molecule has 0 amide bonds. The van der Waals surface area contributed by atoms with Crippen LogP contribution in [0.2, 0.25) is 0 Å². The zero-order valence-corrected chi connectivity index (χ0v) is 11.7. The van der Waals surface area contributed by atoms with Crippen molar-refractivity contribution in [3.8, 4) is 0 Å². The Balaban J connectivity index is 2.07. The summed E-state index contributed by atoms with van der Waals surface area (Å²) in [5.74, 6) is 0.475. The quantitative estimate of drug-likeness (QED) is 0.650. The summed E-state index contributed by atoms with van der Waals surface area (Å²) in [4.78, 5) is 8.81. The molecular weight excluding hydrogens is 238 g/mol. The van der Waals surface area contributed by atoms with Crippen molar-refractivity contribution in [3.05, 3.63) is 35.8 Å². The van der Waals surface area contributed by atoms with E-state index in [2.05, 4.69) is 42.3 Å². The van der Waals surface area contributed by atoms with Gasteiger partial charge in [0.25, 0.3) is 0 Å². The second-order valence-corrected chi connectivity index (χ2v) is 4.86. The van der Waals surface area contributed by atoms with Crippen LogP contribution in [0.1, 0.15) is 31.5 Å². The molecule has 19 heavy (non-hydrogen) atoms. The summed E-state index contributed by atoms with van der Waals surface area (Å²) in [6, 6.07) is 4.39. The molecule has 0 saturated heterocycles. The number of nitrogens with zero attached hydrogens (tertiary/aromatic N) is 3. The van der Waals surface area contributed by atoms with E-state index in [1.165, 1.54) is 5.56 Å². The fraction of sp³-hybridized carbons (Fsp3) is 0.429. The number of nitrogens with two attached hydrogens (primary N) is 1. The average molecular weight is 259 g/mol. The van der Waals surface area contributed by atoms with Crippen molar-refractivity contribution in [2.24, 2.45) is 10.7 Å². The van der Waals surface area contributed by atoms with Crippen molar-refractivity contribution in [1.29, 1.82) is 0 Å². The summed E-state index contributed by atoms with van der Waals surface area (Å²) in [5.41, 5.74) is 8.88. The molecule has 0 aliphatic carbocycles. The zero-order valence-electron chi connectivity index (χ0n) is 11.7. The number of aliphatic imine (C=N–C) groups is 1. The van der Waals surface area contributed by atoms with E-state index in [-0.39, 0.29) is 0 Å². The van der Waals surface area contributed by atoms with Crippen molar-refractivity contribution in [3.63, 3.8) is 0 Å². The van der Waals surface area contributed by atoms with Gasteiger partial charge in [-0.2, -0.15) is 0 Å². The largest absolute Gasteiger partial charge is 0.370 e. The van der Waals surface area contributed by atoms with Gasteiger partial charge in [-0.15, -0.1) is 0 Å². The standard InChI is InChI=1S/C14H21N5/c1-4-11(3)17-14(15)16-7-12-9-19-8-10(2)5-6-13(19)18-12/h5-6,8-9,11H,4,7H2,1-3H3,(H3,15,16,17). The minimum atomic E-state index is 0.340. The van der Waals surface area contributed by atoms with Gasteiger partial charge in [0.05, 0.1) is 12.2 Å². The number of rotatable bonds is 4. The predicted molar refractivity (Wildman–Crippen MR) is 78.1 cm³/mol. The van der Waals surface area contributed by atoms with Crippen LogP contribution in [-0.2, 0) is 6.54 Å². The molecule has 0 aromatic carbocycles. The fourth-order valence-electron chi connectivity index (χ4n) is 1.80. The molecule has 0 aliphatic rings. The van der Waals surface area contributed by atoms with E-state index < -0.39 is 0 Å². The lowest BCUT2D eigenvalue weighted by Gasteiger charge is -2.11. The fourth-order valence-corrected chi connectivity index (χ4v) is 1.80. The number of guanidine groups is 1. The first-order valence-corrected chi connectivity index (χ1v) is 6.59. The lowest BCUT2D eigenvalue weighted by molar-refractivity contribution is 0.636. The number of fused-ring (bicyclic) bond motifs is 1. The summed E-state index contributed by atoms with van der Waals surface area (Å²) in [6.45, 7) is 6.74. The molecule has 0 spiro atoms. The maximum Gasteiger partial charge on any atom is 0.189 e. The molecule has 5 heteroatoms. The first-order chi connectivity index (χ1) is 9.08. The molecular formula is C14H21N5. The van der Waals surface area contributed by atoms with Crippen LogP contribution in [-0.4, -0.2) is 21.4 Å². The molecule has 5 nitrogen and oxygen atoms in total. The van der Waals surface area contributed by atoms with Crippen molar-refractivity contribution in [2.75, 3.05) is 0 Å². The van der Waals surface area contributed by atoms with Gasteiger partial charge >= 0.3 is 0 Å². The zero-order chi connectivity index (χ0) is 13.8. The number of hydrogen-bond donors (Lipinski definition) is 2. The third-order valence-corrected chi connectivity index (χ3v) is 3.07. The Morgan fingerprint density at radius 3 is 3.00 bits per heavy atom. The minimum absolute atomic E-state index is 0.340. The monoisotopic (exact) mass is 259 g/mol. The highest BCUT2D eigenvalue weighted by atomic mass is 15.1. The van der Waals surface area contributed by atoms with Gasteiger partial charge in [0.1, 0.15) is 5.65 Å². The molecule has 0 bridgehead atoms. The van der Waals surface area contributed by atoms with Gasteiger partial charge in [-0.25, -0.2) is 9.98 Å². The lowest BCUT2D eigenvalue weighted by atomic mass is 10.3. The molecule has 1 atom stereocenters. The van der Waals surface area contributed by atoms with Gasteiger partial charge in [0, 0.05) is 18.4 Å². The van der Waals surface area contributed by atoms with Crippen molar-refractivity contribution < 1.29 is 0 Å². The highest BCUT2D eigenvalue weighted by Gasteiger charge is 2.02. The first-order valence-electron chi connectivity index (χ1n) is 6.59. The summed E-state index contributed by atoms with van der Waals surface area (Å²) in [5, 5.41) is 3.14. The number of nitrogens with one attached hydrogen (secondary N) is 1. The van der Waals surface area contributed by atoms with Crippen LogP contribution < -0.4 is 11.1 Å². The first kappa shape index (κ1) is 13.4.